The van der Waals surface area contributed by atoms with E-state index in [-0.39, 0.29) is 0 Å². The summed E-state index contributed by atoms with van der Waals surface area (Å²) in [6, 6.07) is 13.9. The van der Waals surface area contributed by atoms with Crippen molar-refractivity contribution in [2.75, 3.05) is 0 Å². The Hall–Kier alpha value is -1.74. The van der Waals surface area contributed by atoms with E-state index in [0.717, 1.165) is 11.1 Å². The molecule has 0 aliphatic heterocycles. The minimum Gasteiger partial charge on any atom is -0.388 e. The van der Waals surface area contributed by atoms with Gasteiger partial charge in [-0.3, -0.25) is 4.98 Å². The molecule has 3 heteroatoms. The molecule has 0 atom stereocenters. The Bertz CT molecular complexity index is 480. The lowest BCUT2D eigenvalue weighted by atomic mass is 10.1. The van der Waals surface area contributed by atoms with Crippen molar-refractivity contribution in [2.24, 2.45) is 5.73 Å². The Morgan fingerprint density at radius 3 is 2.47 bits per heavy atom. The third-order valence-electron chi connectivity index (χ3n) is 2.12. The van der Waals surface area contributed by atoms with Crippen LogP contribution in [0.3, 0.4) is 0 Å². The van der Waals surface area contributed by atoms with Gasteiger partial charge in [-0.25, -0.2) is 0 Å². The van der Waals surface area contributed by atoms with Gasteiger partial charge in [0.25, 0.3) is 0 Å². The summed E-state index contributed by atoms with van der Waals surface area (Å²) in [5, 5.41) is 0. The molecule has 2 aromatic rings. The second-order valence-corrected chi connectivity index (χ2v) is 3.60. The van der Waals surface area contributed by atoms with Crippen LogP contribution in [0.1, 0.15) is 5.69 Å². The number of hydrogen-bond donors (Lipinski definition) is 1. The molecule has 2 N–H and O–H groups in total. The summed E-state index contributed by atoms with van der Waals surface area (Å²) >= 11 is 4.89. The second-order valence-electron chi connectivity index (χ2n) is 3.16. The van der Waals surface area contributed by atoms with E-state index in [4.69, 9.17) is 18.0 Å². The molecule has 2 nitrogen and oxygen atoms in total. The van der Waals surface area contributed by atoms with Crippen molar-refractivity contribution in [3.05, 3.63) is 54.4 Å². The molecule has 0 amide bonds. The minimum atomic E-state index is 0.327. The second kappa shape index (κ2) is 4.19. The molecule has 0 saturated carbocycles. The van der Waals surface area contributed by atoms with E-state index < -0.39 is 0 Å². The average Bonchev–Trinajstić information content (AvgIpc) is 2.30. The van der Waals surface area contributed by atoms with Crippen molar-refractivity contribution < 1.29 is 0 Å². The first-order valence-corrected chi connectivity index (χ1v) is 4.99. The molecular weight excluding hydrogens is 204 g/mol. The first-order valence-electron chi connectivity index (χ1n) is 4.58. The Labute approximate surface area is 93.8 Å². The first kappa shape index (κ1) is 9.80. The molecule has 0 unspecified atom stereocenters. The summed E-state index contributed by atoms with van der Waals surface area (Å²) in [5.74, 6) is 0. The van der Waals surface area contributed by atoms with E-state index in [1.165, 1.54) is 0 Å². The van der Waals surface area contributed by atoms with Crippen molar-refractivity contribution >= 4 is 17.2 Å². The van der Waals surface area contributed by atoms with Gasteiger partial charge in [0, 0.05) is 6.20 Å². The molecule has 0 aliphatic carbocycles. The van der Waals surface area contributed by atoms with Crippen LogP contribution in [0.4, 0.5) is 0 Å². The molecule has 0 bridgehead atoms. The number of benzene rings is 1. The van der Waals surface area contributed by atoms with Crippen molar-refractivity contribution in [3.8, 4) is 11.1 Å². The highest BCUT2D eigenvalue weighted by molar-refractivity contribution is 7.80. The highest BCUT2D eigenvalue weighted by Crippen LogP contribution is 2.18. The molecule has 1 aromatic heterocycles. The summed E-state index contributed by atoms with van der Waals surface area (Å²) in [6.07, 6.45) is 1.72. The lowest BCUT2D eigenvalue weighted by Crippen LogP contribution is -2.11. The van der Waals surface area contributed by atoms with Gasteiger partial charge in [-0.15, -0.1) is 0 Å². The molecule has 0 radical (unpaired) electrons. The Morgan fingerprint density at radius 1 is 1.07 bits per heavy atom. The van der Waals surface area contributed by atoms with Crippen LogP contribution >= 0.6 is 12.2 Å². The molecule has 15 heavy (non-hydrogen) atoms. The maximum absolute atomic E-state index is 5.53. The molecule has 2 rings (SSSR count). The van der Waals surface area contributed by atoms with Crippen LogP contribution in [0.15, 0.2) is 48.7 Å². The van der Waals surface area contributed by atoms with Crippen LogP contribution in [0, 0.1) is 0 Å². The quantitative estimate of drug-likeness (QED) is 0.780. The lowest BCUT2D eigenvalue weighted by molar-refractivity contribution is 1.29. The third kappa shape index (κ3) is 2.19. The zero-order chi connectivity index (χ0) is 10.7. The number of hydrogen-bond acceptors (Lipinski definition) is 2. The summed E-state index contributed by atoms with van der Waals surface area (Å²) in [4.78, 5) is 4.42. The predicted molar refractivity (Wildman–Crippen MR) is 65.6 cm³/mol. The van der Waals surface area contributed by atoms with E-state index in [1.807, 2.05) is 42.5 Å². The standard InChI is InChI=1S/C12H10N2S/c13-12(15)11-8-10(6-7-14-11)9-4-2-1-3-5-9/h1-8H,(H2,13,15). The molecule has 0 aliphatic rings. The molecule has 1 heterocycles. The van der Waals surface area contributed by atoms with E-state index in [2.05, 4.69) is 4.98 Å². The number of rotatable bonds is 2. The van der Waals surface area contributed by atoms with Crippen molar-refractivity contribution in [1.82, 2.24) is 4.98 Å². The molecule has 0 fully saturated rings. The van der Waals surface area contributed by atoms with Gasteiger partial charge >= 0.3 is 0 Å². The Morgan fingerprint density at radius 2 is 1.80 bits per heavy atom. The minimum absolute atomic E-state index is 0.327. The van der Waals surface area contributed by atoms with E-state index in [1.54, 1.807) is 6.20 Å². The normalized spacial score (nSPS) is 9.87. The van der Waals surface area contributed by atoms with Gasteiger partial charge in [0.2, 0.25) is 0 Å². The van der Waals surface area contributed by atoms with Crippen LogP contribution in [0.2, 0.25) is 0 Å². The zero-order valence-corrected chi connectivity index (χ0v) is 8.87. The summed E-state index contributed by atoms with van der Waals surface area (Å²) in [7, 11) is 0. The van der Waals surface area contributed by atoms with Gasteiger partial charge in [0.05, 0.1) is 5.69 Å². The van der Waals surface area contributed by atoms with Gasteiger partial charge in [-0.1, -0.05) is 42.5 Å². The number of pyridine rings is 1. The maximum Gasteiger partial charge on any atom is 0.122 e. The van der Waals surface area contributed by atoms with Crippen LogP contribution in [-0.2, 0) is 0 Å². The van der Waals surface area contributed by atoms with Gasteiger partial charge < -0.3 is 5.73 Å². The van der Waals surface area contributed by atoms with Crippen LogP contribution < -0.4 is 5.73 Å². The highest BCUT2D eigenvalue weighted by atomic mass is 32.1. The Balaban J connectivity index is 2.46. The maximum atomic E-state index is 5.53. The summed E-state index contributed by atoms with van der Waals surface area (Å²) in [6.45, 7) is 0. The average molecular weight is 214 g/mol. The molecular formula is C12H10N2S. The largest absolute Gasteiger partial charge is 0.388 e. The third-order valence-corrected chi connectivity index (χ3v) is 2.33. The number of aromatic nitrogens is 1. The van der Waals surface area contributed by atoms with Gasteiger partial charge in [-0.2, -0.15) is 0 Å². The van der Waals surface area contributed by atoms with Gasteiger partial charge in [0.1, 0.15) is 4.99 Å². The first-order chi connectivity index (χ1) is 7.27. The van der Waals surface area contributed by atoms with Crippen molar-refractivity contribution in [2.45, 2.75) is 0 Å². The van der Waals surface area contributed by atoms with Crippen LogP contribution in [0.25, 0.3) is 11.1 Å². The molecule has 0 saturated heterocycles. The zero-order valence-electron chi connectivity index (χ0n) is 8.05. The fourth-order valence-corrected chi connectivity index (χ4v) is 1.49. The fourth-order valence-electron chi connectivity index (χ4n) is 1.38. The molecule has 0 spiro atoms. The van der Waals surface area contributed by atoms with Gasteiger partial charge in [-0.05, 0) is 23.3 Å². The van der Waals surface area contributed by atoms with E-state index in [9.17, 15) is 0 Å². The van der Waals surface area contributed by atoms with Crippen molar-refractivity contribution in [3.63, 3.8) is 0 Å². The molecule has 74 valence electrons. The lowest BCUT2D eigenvalue weighted by Gasteiger charge is -2.03. The monoisotopic (exact) mass is 214 g/mol. The SMILES string of the molecule is NC(=S)c1cc(-c2ccccc2)ccn1. The summed E-state index contributed by atoms with van der Waals surface area (Å²) in [5.41, 5.74) is 8.40. The fraction of sp³-hybridized carbons (Fsp3) is 0. The number of thiocarbonyl (C=S) groups is 1. The summed E-state index contributed by atoms with van der Waals surface area (Å²) < 4.78 is 0. The van der Waals surface area contributed by atoms with E-state index in [0.29, 0.717) is 10.7 Å². The van der Waals surface area contributed by atoms with Crippen molar-refractivity contribution in [1.29, 1.82) is 0 Å². The van der Waals surface area contributed by atoms with E-state index >= 15 is 0 Å². The number of nitrogens with two attached hydrogens (primary N) is 1. The number of nitrogens with zero attached hydrogens (tertiary/aromatic N) is 1. The highest BCUT2D eigenvalue weighted by Gasteiger charge is 2.01. The Kier molecular flexibility index (Phi) is 2.74. The van der Waals surface area contributed by atoms with Crippen LogP contribution in [0.5, 0.6) is 0 Å². The topological polar surface area (TPSA) is 38.9 Å². The predicted octanol–water partition coefficient (Wildman–Crippen LogP) is 2.38. The van der Waals surface area contributed by atoms with Gasteiger partial charge in [0.15, 0.2) is 0 Å². The molecule has 1 aromatic carbocycles. The smallest absolute Gasteiger partial charge is 0.122 e. The van der Waals surface area contributed by atoms with Crippen LogP contribution in [-0.4, -0.2) is 9.97 Å².